The van der Waals surface area contributed by atoms with Crippen LogP contribution in [0, 0.1) is 5.92 Å². The fourth-order valence-corrected chi connectivity index (χ4v) is 1.82. The molecule has 0 aliphatic carbocycles. The molecule has 0 unspecified atom stereocenters. The zero-order valence-corrected chi connectivity index (χ0v) is 11.2. The molecule has 0 radical (unpaired) electrons. The van der Waals surface area contributed by atoms with Crippen molar-refractivity contribution in [2.75, 3.05) is 39.8 Å². The van der Waals surface area contributed by atoms with Gasteiger partial charge in [-0.1, -0.05) is 32.1 Å². The second-order valence-electron chi connectivity index (χ2n) is 5.05. The number of hydrogen-bond donors (Lipinski definition) is 0. The van der Waals surface area contributed by atoms with E-state index in [-0.39, 0.29) is 0 Å². The molecule has 0 N–H and O–H groups in total. The van der Waals surface area contributed by atoms with Crippen molar-refractivity contribution in [3.05, 3.63) is 23.8 Å². The fraction of sp³-hybridized carbons (Fsp3) is 0.714. The van der Waals surface area contributed by atoms with Gasteiger partial charge < -0.3 is 4.90 Å². The van der Waals surface area contributed by atoms with Crippen molar-refractivity contribution in [1.82, 2.24) is 9.80 Å². The molecule has 2 heteroatoms. The molecule has 92 valence electrons. The van der Waals surface area contributed by atoms with Gasteiger partial charge in [0.1, 0.15) is 0 Å². The van der Waals surface area contributed by atoms with Gasteiger partial charge in [0.2, 0.25) is 0 Å². The molecule has 16 heavy (non-hydrogen) atoms. The molecule has 0 bridgehead atoms. The van der Waals surface area contributed by atoms with Crippen molar-refractivity contribution in [1.29, 1.82) is 0 Å². The van der Waals surface area contributed by atoms with E-state index in [1.807, 2.05) is 0 Å². The van der Waals surface area contributed by atoms with Gasteiger partial charge in [-0.3, -0.25) is 4.90 Å². The van der Waals surface area contributed by atoms with E-state index in [0.717, 1.165) is 6.54 Å². The molecular weight excluding hydrogens is 196 g/mol. The Balaban J connectivity index is 2.39. The number of rotatable bonds is 4. The first-order valence-corrected chi connectivity index (χ1v) is 6.36. The third-order valence-electron chi connectivity index (χ3n) is 3.07. The largest absolute Gasteiger partial charge is 0.304 e. The Labute approximate surface area is 101 Å². The van der Waals surface area contributed by atoms with E-state index >= 15 is 0 Å². The highest BCUT2D eigenvalue weighted by Gasteiger charge is 2.13. The standard InChI is InChI=1S/C14H26N2/c1-5-14(7-6-13(2)3)12-16-10-8-15(4)9-11-16/h5-7,13H,8-12H2,1-4H3/b7-6-,14-5+. The van der Waals surface area contributed by atoms with E-state index in [2.05, 4.69) is 55.8 Å². The normalized spacial score (nSPS) is 21.2. The summed E-state index contributed by atoms with van der Waals surface area (Å²) in [6.07, 6.45) is 6.80. The van der Waals surface area contributed by atoms with Crippen LogP contribution in [0.25, 0.3) is 0 Å². The molecule has 1 aliphatic rings. The smallest absolute Gasteiger partial charge is 0.0231 e. The topological polar surface area (TPSA) is 6.48 Å². The summed E-state index contributed by atoms with van der Waals surface area (Å²) in [7, 11) is 2.20. The highest BCUT2D eigenvalue weighted by molar-refractivity contribution is 5.20. The molecule has 0 atom stereocenters. The number of hydrogen-bond acceptors (Lipinski definition) is 2. The van der Waals surface area contributed by atoms with Crippen molar-refractivity contribution >= 4 is 0 Å². The Bertz CT molecular complexity index is 245. The Kier molecular flexibility index (Phi) is 5.78. The van der Waals surface area contributed by atoms with Crippen LogP contribution in [0.3, 0.4) is 0 Å². The Morgan fingerprint density at radius 1 is 1.19 bits per heavy atom. The third kappa shape index (κ3) is 4.95. The first-order chi connectivity index (χ1) is 7.61. The molecule has 0 aromatic rings. The summed E-state index contributed by atoms with van der Waals surface area (Å²) in [6.45, 7) is 12.5. The van der Waals surface area contributed by atoms with E-state index in [1.54, 1.807) is 0 Å². The minimum Gasteiger partial charge on any atom is -0.304 e. The van der Waals surface area contributed by atoms with E-state index < -0.39 is 0 Å². The number of piperazine rings is 1. The van der Waals surface area contributed by atoms with Crippen LogP contribution in [0.15, 0.2) is 23.8 Å². The van der Waals surface area contributed by atoms with Crippen molar-refractivity contribution < 1.29 is 0 Å². The predicted octanol–water partition coefficient (Wildman–Crippen LogP) is 2.39. The highest BCUT2D eigenvalue weighted by Crippen LogP contribution is 2.07. The van der Waals surface area contributed by atoms with Gasteiger partial charge in [0.25, 0.3) is 0 Å². The molecule has 0 aromatic heterocycles. The number of likely N-dealkylation sites (N-methyl/N-ethyl adjacent to an activating group) is 1. The van der Waals surface area contributed by atoms with Gasteiger partial charge in [-0.2, -0.15) is 0 Å². The SMILES string of the molecule is C/C=C(\C=C/C(C)C)CN1CCN(C)CC1. The summed E-state index contributed by atoms with van der Waals surface area (Å²) >= 11 is 0. The van der Waals surface area contributed by atoms with Gasteiger partial charge in [-0.25, -0.2) is 0 Å². The lowest BCUT2D eigenvalue weighted by atomic mass is 10.1. The fourth-order valence-electron chi connectivity index (χ4n) is 1.82. The maximum atomic E-state index is 2.54. The molecule has 1 fully saturated rings. The molecule has 1 heterocycles. The zero-order chi connectivity index (χ0) is 12.0. The molecule has 1 aliphatic heterocycles. The van der Waals surface area contributed by atoms with Crippen LogP contribution in [0.2, 0.25) is 0 Å². The lowest BCUT2D eigenvalue weighted by Crippen LogP contribution is -2.44. The average molecular weight is 222 g/mol. The second kappa shape index (κ2) is 6.87. The third-order valence-corrected chi connectivity index (χ3v) is 3.07. The van der Waals surface area contributed by atoms with E-state index in [1.165, 1.54) is 31.8 Å². The lowest BCUT2D eigenvalue weighted by molar-refractivity contribution is 0.164. The molecule has 1 saturated heterocycles. The van der Waals surface area contributed by atoms with Gasteiger partial charge in [-0.15, -0.1) is 0 Å². The highest BCUT2D eigenvalue weighted by atomic mass is 15.2. The molecule has 0 aromatic carbocycles. The van der Waals surface area contributed by atoms with Crippen LogP contribution < -0.4 is 0 Å². The van der Waals surface area contributed by atoms with Gasteiger partial charge in [0, 0.05) is 32.7 Å². The summed E-state index contributed by atoms with van der Waals surface area (Å²) in [6, 6.07) is 0. The molecule has 0 spiro atoms. The van der Waals surface area contributed by atoms with Crippen molar-refractivity contribution in [3.8, 4) is 0 Å². The average Bonchev–Trinajstić information content (AvgIpc) is 2.26. The number of nitrogens with zero attached hydrogens (tertiary/aromatic N) is 2. The molecule has 1 rings (SSSR count). The molecule has 0 amide bonds. The van der Waals surface area contributed by atoms with Crippen LogP contribution in [-0.4, -0.2) is 49.6 Å². The van der Waals surface area contributed by atoms with Gasteiger partial charge in [0.05, 0.1) is 0 Å². The Hall–Kier alpha value is -0.600. The Morgan fingerprint density at radius 3 is 2.31 bits per heavy atom. The molecule has 2 nitrogen and oxygen atoms in total. The van der Waals surface area contributed by atoms with Crippen LogP contribution >= 0.6 is 0 Å². The van der Waals surface area contributed by atoms with Gasteiger partial charge >= 0.3 is 0 Å². The van der Waals surface area contributed by atoms with Gasteiger partial charge in [-0.05, 0) is 25.5 Å². The summed E-state index contributed by atoms with van der Waals surface area (Å²) in [5, 5.41) is 0. The van der Waals surface area contributed by atoms with Gasteiger partial charge in [0.15, 0.2) is 0 Å². The van der Waals surface area contributed by atoms with Crippen LogP contribution in [0.1, 0.15) is 20.8 Å². The summed E-state index contributed by atoms with van der Waals surface area (Å²) in [5.74, 6) is 0.641. The van der Waals surface area contributed by atoms with Crippen LogP contribution in [-0.2, 0) is 0 Å². The van der Waals surface area contributed by atoms with E-state index in [0.29, 0.717) is 5.92 Å². The summed E-state index contributed by atoms with van der Waals surface area (Å²) in [4.78, 5) is 4.94. The first-order valence-electron chi connectivity index (χ1n) is 6.36. The summed E-state index contributed by atoms with van der Waals surface area (Å²) < 4.78 is 0. The van der Waals surface area contributed by atoms with E-state index in [4.69, 9.17) is 0 Å². The van der Waals surface area contributed by atoms with Crippen molar-refractivity contribution in [3.63, 3.8) is 0 Å². The predicted molar refractivity (Wildman–Crippen MR) is 71.7 cm³/mol. The maximum Gasteiger partial charge on any atom is 0.0231 e. The van der Waals surface area contributed by atoms with Crippen molar-refractivity contribution in [2.45, 2.75) is 20.8 Å². The lowest BCUT2D eigenvalue weighted by Gasteiger charge is -2.32. The number of allylic oxidation sites excluding steroid dienone is 2. The first kappa shape index (κ1) is 13.5. The molecular formula is C14H26N2. The minimum absolute atomic E-state index is 0.641. The van der Waals surface area contributed by atoms with Crippen LogP contribution in [0.5, 0.6) is 0 Å². The van der Waals surface area contributed by atoms with E-state index in [9.17, 15) is 0 Å². The monoisotopic (exact) mass is 222 g/mol. The maximum absolute atomic E-state index is 2.54. The van der Waals surface area contributed by atoms with Crippen molar-refractivity contribution in [2.24, 2.45) is 5.92 Å². The Morgan fingerprint density at radius 2 is 1.81 bits per heavy atom. The van der Waals surface area contributed by atoms with Crippen LogP contribution in [0.4, 0.5) is 0 Å². The zero-order valence-electron chi connectivity index (χ0n) is 11.2. The second-order valence-corrected chi connectivity index (χ2v) is 5.05. The summed E-state index contributed by atoms with van der Waals surface area (Å²) in [5.41, 5.74) is 1.44. The molecule has 0 saturated carbocycles. The minimum atomic E-state index is 0.641. The quantitative estimate of drug-likeness (QED) is 0.674.